The summed E-state index contributed by atoms with van der Waals surface area (Å²) in [7, 11) is 0. The molecule has 2 aromatic carbocycles. The number of nitrogens with one attached hydrogen (secondary N) is 1. The number of H-pyrrole nitrogens is 1. The minimum absolute atomic E-state index is 0.175. The second-order valence-electron chi connectivity index (χ2n) is 9.20. The maximum Gasteiger partial charge on any atom is 0.358 e. The van der Waals surface area contributed by atoms with Gasteiger partial charge >= 0.3 is 5.97 Å². The Hall–Kier alpha value is -3.50. The lowest BCUT2D eigenvalue weighted by Crippen LogP contribution is -2.16. The number of halogens is 2. The Morgan fingerprint density at radius 2 is 1.92 bits per heavy atom. The first-order valence-electron chi connectivity index (χ1n) is 13.0. The molecule has 3 aromatic heterocycles. The quantitative estimate of drug-likeness (QED) is 0.124. The van der Waals surface area contributed by atoms with E-state index in [-0.39, 0.29) is 5.15 Å². The van der Waals surface area contributed by atoms with Crippen LogP contribution in [0.4, 0.5) is 0 Å². The van der Waals surface area contributed by atoms with E-state index in [0.717, 1.165) is 63.6 Å². The third-order valence-electron chi connectivity index (χ3n) is 6.47. The third-order valence-corrected chi connectivity index (χ3v) is 7.52. The number of esters is 1. The summed E-state index contributed by atoms with van der Waals surface area (Å²) in [5.41, 5.74) is 3.61. The second-order valence-corrected chi connectivity index (χ2v) is 10.4. The summed E-state index contributed by atoms with van der Waals surface area (Å²) in [4.78, 5) is 17.5. The Morgan fingerprint density at radius 3 is 2.67 bits per heavy atom. The maximum atomic E-state index is 13.0. The Morgan fingerprint density at radius 1 is 1.13 bits per heavy atom. The molecule has 0 aliphatic rings. The van der Waals surface area contributed by atoms with Crippen LogP contribution in [-0.2, 0) is 17.7 Å². The second kappa shape index (κ2) is 12.1. The van der Waals surface area contributed by atoms with Crippen LogP contribution in [0, 0.1) is 0 Å². The van der Waals surface area contributed by atoms with E-state index >= 15 is 0 Å². The molecule has 202 valence electrons. The number of benzene rings is 2. The minimum Gasteiger partial charge on any atom is -0.461 e. The monoisotopic (exact) mass is 610 g/mol. The number of aromatic nitrogens is 6. The summed E-state index contributed by atoms with van der Waals surface area (Å²) < 4.78 is 14.5. The van der Waals surface area contributed by atoms with E-state index in [1.807, 2.05) is 54.0 Å². The molecule has 0 saturated heterocycles. The number of imidazole rings is 1. The van der Waals surface area contributed by atoms with Crippen LogP contribution in [0.2, 0.25) is 5.15 Å². The van der Waals surface area contributed by atoms with Crippen LogP contribution in [0.1, 0.15) is 61.4 Å². The highest BCUT2D eigenvalue weighted by Gasteiger charge is 2.24. The summed E-state index contributed by atoms with van der Waals surface area (Å²) in [6.07, 6.45) is 4.38. The van der Waals surface area contributed by atoms with Gasteiger partial charge in [-0.1, -0.05) is 68.6 Å². The molecule has 0 unspecified atom stereocenters. The lowest BCUT2D eigenvalue weighted by molar-refractivity contribution is 0.0487. The molecule has 9 nitrogen and oxygen atoms in total. The molecule has 0 spiro atoms. The largest absolute Gasteiger partial charge is 0.461 e. The molecule has 0 aliphatic carbocycles. The third kappa shape index (κ3) is 5.62. The molecule has 5 rings (SSSR count). The standard InChI is InChI=1S/C28H28BrClN6O3/c1-3-5-11-22-31-26(30)24(28(37)38-14-6-4-2)36(22)16-17-12-13-21-20(15-17)23(29)25(39-21)18-9-7-8-10-19(18)27-32-34-35-33-27/h7-10,12-13,15H,3-6,11,14,16H2,1-2H3,(H,32,33,34,35). The molecule has 39 heavy (non-hydrogen) atoms. The fraction of sp³-hybridized carbons (Fsp3) is 0.321. The lowest BCUT2D eigenvalue weighted by Gasteiger charge is -2.12. The highest BCUT2D eigenvalue weighted by Crippen LogP contribution is 2.41. The smallest absolute Gasteiger partial charge is 0.358 e. The van der Waals surface area contributed by atoms with Gasteiger partial charge in [-0.2, -0.15) is 5.21 Å². The van der Waals surface area contributed by atoms with Crippen molar-refractivity contribution in [3.63, 3.8) is 0 Å². The number of aromatic amines is 1. The average molecular weight is 612 g/mol. The molecule has 0 atom stereocenters. The van der Waals surface area contributed by atoms with Gasteiger partial charge < -0.3 is 13.7 Å². The maximum absolute atomic E-state index is 13.0. The van der Waals surface area contributed by atoms with Gasteiger partial charge in [0.05, 0.1) is 11.1 Å². The number of nitrogens with zero attached hydrogens (tertiary/aromatic N) is 5. The van der Waals surface area contributed by atoms with Crippen molar-refractivity contribution in [3.05, 3.63) is 69.2 Å². The number of tetrazole rings is 1. The number of rotatable bonds is 11. The van der Waals surface area contributed by atoms with Crippen molar-refractivity contribution in [1.82, 2.24) is 30.2 Å². The van der Waals surface area contributed by atoms with Gasteiger partial charge in [-0.15, -0.1) is 10.2 Å². The van der Waals surface area contributed by atoms with E-state index in [1.54, 1.807) is 0 Å². The van der Waals surface area contributed by atoms with Crippen molar-refractivity contribution in [2.75, 3.05) is 6.61 Å². The summed E-state index contributed by atoms with van der Waals surface area (Å²) in [6.45, 7) is 4.93. The van der Waals surface area contributed by atoms with E-state index in [2.05, 4.69) is 48.5 Å². The topological polar surface area (TPSA) is 112 Å². The summed E-state index contributed by atoms with van der Waals surface area (Å²) in [6, 6.07) is 13.7. The van der Waals surface area contributed by atoms with Crippen molar-refractivity contribution in [2.45, 2.75) is 52.5 Å². The van der Waals surface area contributed by atoms with Crippen molar-refractivity contribution >= 4 is 44.5 Å². The van der Waals surface area contributed by atoms with Gasteiger partial charge in [0.1, 0.15) is 17.2 Å². The Kier molecular flexibility index (Phi) is 8.42. The van der Waals surface area contributed by atoms with Crippen LogP contribution in [0.3, 0.4) is 0 Å². The molecule has 0 fully saturated rings. The molecule has 0 bridgehead atoms. The fourth-order valence-electron chi connectivity index (χ4n) is 4.46. The minimum atomic E-state index is -0.449. The number of unbranched alkanes of at least 4 members (excludes halogenated alkanes) is 2. The molecule has 0 aliphatic heterocycles. The zero-order chi connectivity index (χ0) is 27.4. The highest BCUT2D eigenvalue weighted by molar-refractivity contribution is 9.10. The van der Waals surface area contributed by atoms with Crippen molar-refractivity contribution in [2.24, 2.45) is 0 Å². The number of furan rings is 1. The highest BCUT2D eigenvalue weighted by atomic mass is 79.9. The van der Waals surface area contributed by atoms with E-state index in [9.17, 15) is 4.79 Å². The first-order valence-corrected chi connectivity index (χ1v) is 14.1. The fourth-order valence-corrected chi connectivity index (χ4v) is 5.34. The van der Waals surface area contributed by atoms with Gasteiger partial charge in [0.2, 0.25) is 5.82 Å². The molecule has 3 heterocycles. The van der Waals surface area contributed by atoms with Crippen LogP contribution >= 0.6 is 27.5 Å². The van der Waals surface area contributed by atoms with Crippen LogP contribution in [0.25, 0.3) is 33.7 Å². The van der Waals surface area contributed by atoms with Crippen molar-refractivity contribution in [1.29, 1.82) is 0 Å². The molecule has 0 saturated carbocycles. The van der Waals surface area contributed by atoms with Gasteiger partial charge in [0.15, 0.2) is 10.8 Å². The Bertz CT molecular complexity index is 1590. The molecule has 11 heteroatoms. The number of aryl methyl sites for hydroxylation is 1. The molecule has 0 amide bonds. The number of carbonyl (C=O) groups is 1. The molecular formula is C28H28BrClN6O3. The van der Waals surface area contributed by atoms with Gasteiger partial charge in [-0.05, 0) is 51.7 Å². The van der Waals surface area contributed by atoms with E-state index in [1.165, 1.54) is 0 Å². The van der Waals surface area contributed by atoms with Crippen LogP contribution in [0.5, 0.6) is 0 Å². The van der Waals surface area contributed by atoms with Gasteiger partial charge in [0, 0.05) is 29.5 Å². The molecule has 0 radical (unpaired) electrons. The predicted octanol–water partition coefficient (Wildman–Crippen LogP) is 7.24. The summed E-state index contributed by atoms with van der Waals surface area (Å²) in [5.74, 6) is 1.46. The van der Waals surface area contributed by atoms with Gasteiger partial charge in [0.25, 0.3) is 0 Å². The zero-order valence-corrected chi connectivity index (χ0v) is 24.0. The van der Waals surface area contributed by atoms with E-state index in [0.29, 0.717) is 36.9 Å². The Labute approximate surface area is 239 Å². The molecular weight excluding hydrogens is 584 g/mol. The normalized spacial score (nSPS) is 11.4. The predicted molar refractivity (Wildman–Crippen MR) is 153 cm³/mol. The van der Waals surface area contributed by atoms with Crippen molar-refractivity contribution < 1.29 is 13.9 Å². The van der Waals surface area contributed by atoms with Crippen LogP contribution in [-0.4, -0.2) is 42.8 Å². The van der Waals surface area contributed by atoms with Crippen LogP contribution in [0.15, 0.2) is 51.4 Å². The number of hydrogen-bond acceptors (Lipinski definition) is 7. The number of fused-ring (bicyclic) bond motifs is 1. The first kappa shape index (κ1) is 27.1. The van der Waals surface area contributed by atoms with Crippen molar-refractivity contribution in [3.8, 4) is 22.7 Å². The molecule has 5 aromatic rings. The zero-order valence-electron chi connectivity index (χ0n) is 21.7. The summed E-state index contributed by atoms with van der Waals surface area (Å²) >= 11 is 10.2. The first-order chi connectivity index (χ1) is 19.0. The van der Waals surface area contributed by atoms with Crippen LogP contribution < -0.4 is 0 Å². The SMILES string of the molecule is CCCCOC(=O)c1c(Cl)nc(CCCC)n1Cc1ccc2oc(-c3ccccc3-c3nn[nH]n3)c(Br)c2c1. The van der Waals surface area contributed by atoms with Gasteiger partial charge in [-0.3, -0.25) is 0 Å². The average Bonchev–Trinajstić information content (AvgIpc) is 3.66. The number of ether oxygens (including phenoxy) is 1. The molecule has 1 N–H and O–H groups in total. The Balaban J connectivity index is 1.52. The summed E-state index contributed by atoms with van der Waals surface area (Å²) in [5, 5.41) is 15.5. The van der Waals surface area contributed by atoms with E-state index in [4.69, 9.17) is 20.8 Å². The van der Waals surface area contributed by atoms with Gasteiger partial charge in [-0.25, -0.2) is 9.78 Å². The lowest BCUT2D eigenvalue weighted by atomic mass is 10.0. The number of hydrogen-bond donors (Lipinski definition) is 1. The number of carbonyl (C=O) groups excluding carboxylic acids is 1. The van der Waals surface area contributed by atoms with E-state index < -0.39 is 5.97 Å².